The van der Waals surface area contributed by atoms with Crippen molar-refractivity contribution in [2.24, 2.45) is 0 Å². The lowest BCUT2D eigenvalue weighted by Gasteiger charge is -2.09. The Morgan fingerprint density at radius 2 is 1.46 bits per heavy atom. The summed E-state index contributed by atoms with van der Waals surface area (Å²) in [6.07, 6.45) is 3.47. The highest BCUT2D eigenvalue weighted by atomic mass is 35.5. The van der Waals surface area contributed by atoms with Gasteiger partial charge >= 0.3 is 5.97 Å². The van der Waals surface area contributed by atoms with E-state index in [4.69, 9.17) is 9.84 Å². The summed E-state index contributed by atoms with van der Waals surface area (Å²) in [7, 11) is 1.64. The Kier molecular flexibility index (Phi) is 5.55. The molecule has 0 aliphatic carbocycles. The summed E-state index contributed by atoms with van der Waals surface area (Å²) in [5, 5.41) is 8.94. The number of hydrogen-bond donors (Lipinski definition) is 1. The molecule has 0 fully saturated rings. The minimum absolute atomic E-state index is 0. The third-order valence-corrected chi connectivity index (χ3v) is 3.66. The van der Waals surface area contributed by atoms with E-state index in [-0.39, 0.29) is 18.0 Å². The van der Waals surface area contributed by atoms with Crippen LogP contribution < -0.4 is 4.74 Å². The Hall–Kier alpha value is -2.85. The molecule has 1 heterocycles. The molecule has 0 radical (unpaired) electrons. The molecule has 0 bridgehead atoms. The van der Waals surface area contributed by atoms with Crippen LogP contribution in [0.2, 0.25) is 0 Å². The number of aromatic carboxylic acids is 1. The molecule has 0 spiro atoms. The van der Waals surface area contributed by atoms with Gasteiger partial charge < -0.3 is 9.84 Å². The van der Waals surface area contributed by atoms with Gasteiger partial charge in [0.15, 0.2) is 0 Å². The summed E-state index contributed by atoms with van der Waals surface area (Å²) in [5.74, 6) is -0.144. The van der Waals surface area contributed by atoms with E-state index in [0.29, 0.717) is 0 Å². The number of hydrogen-bond acceptors (Lipinski definition) is 3. The van der Waals surface area contributed by atoms with Gasteiger partial charge in [-0.2, -0.15) is 0 Å². The van der Waals surface area contributed by atoms with Crippen LogP contribution in [0.15, 0.2) is 67.0 Å². The van der Waals surface area contributed by atoms with Crippen molar-refractivity contribution in [3.63, 3.8) is 0 Å². The third-order valence-electron chi connectivity index (χ3n) is 3.66. The second kappa shape index (κ2) is 7.62. The van der Waals surface area contributed by atoms with Gasteiger partial charge in [-0.3, -0.25) is 4.98 Å². The number of rotatable bonds is 4. The van der Waals surface area contributed by atoms with Crippen LogP contribution in [0, 0.1) is 0 Å². The fourth-order valence-corrected chi connectivity index (χ4v) is 2.42. The molecule has 3 aromatic rings. The second-order valence-corrected chi connectivity index (χ2v) is 5.04. The predicted octanol–water partition coefficient (Wildman–Crippen LogP) is 4.54. The van der Waals surface area contributed by atoms with Gasteiger partial charge in [0, 0.05) is 18.0 Å². The summed E-state index contributed by atoms with van der Waals surface area (Å²) >= 11 is 0. The van der Waals surface area contributed by atoms with Crippen LogP contribution in [0.4, 0.5) is 0 Å². The fourth-order valence-electron chi connectivity index (χ4n) is 2.42. The van der Waals surface area contributed by atoms with E-state index in [0.717, 1.165) is 28.0 Å². The van der Waals surface area contributed by atoms with Crippen LogP contribution in [0.1, 0.15) is 10.4 Å². The van der Waals surface area contributed by atoms with Crippen LogP contribution in [0.25, 0.3) is 22.3 Å². The number of benzene rings is 2. The lowest BCUT2D eigenvalue weighted by molar-refractivity contribution is 0.0697. The predicted molar refractivity (Wildman–Crippen MR) is 95.9 cm³/mol. The molecule has 5 heteroatoms. The Morgan fingerprint density at radius 3 is 2.00 bits per heavy atom. The van der Waals surface area contributed by atoms with E-state index in [2.05, 4.69) is 4.98 Å². The molecule has 122 valence electrons. The van der Waals surface area contributed by atoms with Gasteiger partial charge in [-0.1, -0.05) is 36.4 Å². The highest BCUT2D eigenvalue weighted by molar-refractivity contribution is 5.88. The number of carboxylic acid groups (broad SMARTS) is 1. The van der Waals surface area contributed by atoms with Gasteiger partial charge in [-0.05, 0) is 34.9 Å². The van der Waals surface area contributed by atoms with Gasteiger partial charge in [-0.15, -0.1) is 12.4 Å². The summed E-state index contributed by atoms with van der Waals surface area (Å²) < 4.78 is 5.35. The number of carboxylic acids is 1. The zero-order chi connectivity index (χ0) is 16.2. The summed E-state index contributed by atoms with van der Waals surface area (Å²) in [5.41, 5.74) is 4.22. The largest absolute Gasteiger partial charge is 0.496 e. The maximum Gasteiger partial charge on any atom is 0.335 e. The molecule has 0 aliphatic rings. The van der Waals surface area contributed by atoms with Crippen molar-refractivity contribution in [3.8, 4) is 28.0 Å². The van der Waals surface area contributed by atoms with Gasteiger partial charge in [0.1, 0.15) is 5.75 Å². The van der Waals surface area contributed by atoms with E-state index in [1.54, 1.807) is 31.6 Å². The van der Waals surface area contributed by atoms with E-state index in [1.165, 1.54) is 0 Å². The van der Waals surface area contributed by atoms with E-state index < -0.39 is 5.97 Å². The first-order valence-electron chi connectivity index (χ1n) is 7.11. The van der Waals surface area contributed by atoms with Crippen molar-refractivity contribution in [2.45, 2.75) is 0 Å². The maximum absolute atomic E-state index is 10.9. The zero-order valence-electron chi connectivity index (χ0n) is 13.0. The summed E-state index contributed by atoms with van der Waals surface area (Å²) in [6.45, 7) is 0. The Bertz CT molecular complexity index is 830. The smallest absolute Gasteiger partial charge is 0.335 e. The first-order valence-corrected chi connectivity index (χ1v) is 7.11. The molecule has 0 amide bonds. The van der Waals surface area contributed by atoms with Gasteiger partial charge in [0.05, 0.1) is 12.7 Å². The number of methoxy groups -OCH3 is 1. The summed E-state index contributed by atoms with van der Waals surface area (Å²) in [6, 6.07) is 16.7. The second-order valence-electron chi connectivity index (χ2n) is 5.04. The number of halogens is 1. The monoisotopic (exact) mass is 341 g/mol. The molecule has 0 saturated carbocycles. The Morgan fingerprint density at radius 1 is 0.917 bits per heavy atom. The number of carbonyl (C=O) groups is 1. The molecule has 4 nitrogen and oxygen atoms in total. The minimum Gasteiger partial charge on any atom is -0.496 e. The van der Waals surface area contributed by atoms with Crippen LogP contribution in [0.5, 0.6) is 5.75 Å². The number of pyridine rings is 1. The van der Waals surface area contributed by atoms with Crippen molar-refractivity contribution in [1.29, 1.82) is 0 Å². The first kappa shape index (κ1) is 17.5. The molecule has 0 atom stereocenters. The standard InChI is InChI=1S/C19H15NO3.ClH/c1-23-18-10-11-20-12-17(18)15-6-2-13(3-7-15)14-4-8-16(9-5-14)19(21)22;/h2-12H,1H3,(H,21,22);1H. The molecule has 0 aliphatic heterocycles. The van der Waals surface area contributed by atoms with E-state index >= 15 is 0 Å². The Labute approximate surface area is 146 Å². The highest BCUT2D eigenvalue weighted by Crippen LogP contribution is 2.30. The first-order chi connectivity index (χ1) is 11.2. The topological polar surface area (TPSA) is 59.4 Å². The van der Waals surface area contributed by atoms with Crippen LogP contribution in [-0.2, 0) is 0 Å². The molecular formula is C19H16ClNO3. The summed E-state index contributed by atoms with van der Waals surface area (Å²) in [4.78, 5) is 15.0. The van der Waals surface area contributed by atoms with Crippen LogP contribution in [0.3, 0.4) is 0 Å². The van der Waals surface area contributed by atoms with Crippen molar-refractivity contribution in [2.75, 3.05) is 7.11 Å². The van der Waals surface area contributed by atoms with Crippen molar-refractivity contribution in [3.05, 3.63) is 72.6 Å². The maximum atomic E-state index is 10.9. The molecule has 3 rings (SSSR count). The number of nitrogens with zero attached hydrogens (tertiary/aromatic N) is 1. The quantitative estimate of drug-likeness (QED) is 0.756. The average molecular weight is 342 g/mol. The lowest BCUT2D eigenvalue weighted by Crippen LogP contribution is -1.94. The molecule has 2 aromatic carbocycles. The average Bonchev–Trinajstić information content (AvgIpc) is 2.62. The molecular weight excluding hydrogens is 326 g/mol. The van der Waals surface area contributed by atoms with Crippen molar-refractivity contribution in [1.82, 2.24) is 4.98 Å². The fraction of sp³-hybridized carbons (Fsp3) is 0.0526. The van der Waals surface area contributed by atoms with Crippen molar-refractivity contribution < 1.29 is 14.6 Å². The van der Waals surface area contributed by atoms with Crippen LogP contribution in [-0.4, -0.2) is 23.2 Å². The minimum atomic E-state index is -0.921. The molecule has 1 aromatic heterocycles. The normalized spacial score (nSPS) is 9.88. The lowest BCUT2D eigenvalue weighted by atomic mass is 10.00. The van der Waals surface area contributed by atoms with Gasteiger partial charge in [0.25, 0.3) is 0 Å². The number of ether oxygens (including phenoxy) is 1. The van der Waals surface area contributed by atoms with Gasteiger partial charge in [-0.25, -0.2) is 4.79 Å². The van der Waals surface area contributed by atoms with E-state index in [9.17, 15) is 4.79 Å². The van der Waals surface area contributed by atoms with Gasteiger partial charge in [0.2, 0.25) is 0 Å². The SMILES string of the molecule is COc1ccncc1-c1ccc(-c2ccc(C(=O)O)cc2)cc1.Cl. The highest BCUT2D eigenvalue weighted by Gasteiger charge is 2.07. The molecule has 0 unspecified atom stereocenters. The van der Waals surface area contributed by atoms with Crippen LogP contribution >= 0.6 is 12.4 Å². The number of aromatic nitrogens is 1. The molecule has 1 N–H and O–H groups in total. The molecule has 0 saturated heterocycles. The van der Waals surface area contributed by atoms with Crippen molar-refractivity contribution >= 4 is 18.4 Å². The Balaban J connectivity index is 0.00000208. The zero-order valence-corrected chi connectivity index (χ0v) is 13.8. The molecule has 24 heavy (non-hydrogen) atoms. The third kappa shape index (κ3) is 3.55. The van der Waals surface area contributed by atoms with E-state index in [1.807, 2.05) is 42.5 Å².